The molecule has 5 nitrogen and oxygen atoms in total. The first-order valence-corrected chi connectivity index (χ1v) is 14.4. The van der Waals surface area contributed by atoms with Crippen LogP contribution >= 0.6 is 0 Å². The number of rotatable bonds is 5. The molecule has 0 fully saturated rings. The van der Waals surface area contributed by atoms with Crippen molar-refractivity contribution in [3.8, 4) is 51.0 Å². The second kappa shape index (κ2) is 11.4. The Morgan fingerprint density at radius 3 is 1.64 bits per heavy atom. The zero-order valence-corrected chi connectivity index (χ0v) is 24.7. The molecule has 10 rings (SSSR count). The zero-order valence-electron chi connectivity index (χ0n) is 52.7. The van der Waals surface area contributed by atoms with E-state index < -0.39 is 264 Å². The van der Waals surface area contributed by atoms with Gasteiger partial charge in [-0.25, -0.2) is 15.0 Å². The highest BCUT2D eigenvalue weighted by Gasteiger charge is 2.18. The third-order valence-corrected chi connectivity index (χ3v) is 7.43. The van der Waals surface area contributed by atoms with Gasteiger partial charge < -0.3 is 8.98 Å². The van der Waals surface area contributed by atoms with Crippen LogP contribution in [0.3, 0.4) is 0 Å². The maximum Gasteiger partial charge on any atom is 0.164 e. The Bertz CT molecular complexity index is 4320. The normalized spacial score (nSPS) is 19.4. The fraction of sp³-hybridized carbons (Fsp3) is 0. The van der Waals surface area contributed by atoms with Gasteiger partial charge in [0.15, 0.2) is 17.5 Å². The van der Waals surface area contributed by atoms with Crippen LogP contribution in [0.5, 0.6) is 0 Å². The molecule has 0 radical (unpaired) electrons. The lowest BCUT2D eigenvalue weighted by atomic mass is 10.0. The summed E-state index contributed by atoms with van der Waals surface area (Å²) in [5, 5.41) is -2.21. The number of hydrogen-bond donors (Lipinski definition) is 0. The van der Waals surface area contributed by atoms with Crippen LogP contribution in [0.2, 0.25) is 0 Å². The summed E-state index contributed by atoms with van der Waals surface area (Å²) in [4.78, 5) is 12.8. The van der Waals surface area contributed by atoms with Crippen molar-refractivity contribution in [3.05, 3.63) is 169 Å². The fourth-order valence-corrected chi connectivity index (χ4v) is 5.28. The van der Waals surface area contributed by atoms with Gasteiger partial charge in [-0.05, 0) is 59.5 Å². The first-order chi connectivity index (χ1) is 36.4. The molecule has 0 saturated carbocycles. The number of furan rings is 1. The molecule has 3 heterocycles. The molecule has 0 spiro atoms. The molecule has 0 bridgehead atoms. The molecular formula is C45H28N4O. The summed E-state index contributed by atoms with van der Waals surface area (Å²) in [5.41, 5.74) is -6.89. The molecule has 0 aliphatic heterocycles. The van der Waals surface area contributed by atoms with E-state index in [9.17, 15) is 12.3 Å². The summed E-state index contributed by atoms with van der Waals surface area (Å²) in [5.74, 6) is -2.47. The van der Waals surface area contributed by atoms with Crippen molar-refractivity contribution in [1.29, 1.82) is 0 Å². The van der Waals surface area contributed by atoms with Gasteiger partial charge in [-0.2, -0.15) is 0 Å². The van der Waals surface area contributed by atoms with E-state index in [4.69, 9.17) is 30.5 Å². The predicted octanol–water partition coefficient (Wildman–Crippen LogP) is 11.5. The van der Waals surface area contributed by atoms with Gasteiger partial charge in [0, 0.05) is 50.0 Å². The Hall–Kier alpha value is -6.85. The summed E-state index contributed by atoms with van der Waals surface area (Å²) in [6.45, 7) is 0. The molecule has 0 N–H and O–H groups in total. The van der Waals surface area contributed by atoms with Crippen molar-refractivity contribution in [2.45, 2.75) is 0 Å². The van der Waals surface area contributed by atoms with Gasteiger partial charge in [0.05, 0.1) is 49.4 Å². The zero-order chi connectivity index (χ0) is 57.4. The van der Waals surface area contributed by atoms with E-state index in [1.54, 1.807) is 0 Å². The third kappa shape index (κ3) is 4.67. The summed E-state index contributed by atoms with van der Waals surface area (Å²) >= 11 is 0. The molecule has 234 valence electrons. The van der Waals surface area contributed by atoms with Crippen LogP contribution in [0.25, 0.3) is 94.7 Å². The van der Waals surface area contributed by atoms with Crippen molar-refractivity contribution in [3.63, 3.8) is 0 Å². The first kappa shape index (κ1) is 11.9. The Labute approximate surface area is 327 Å². The SMILES string of the molecule is [2H]c1c([2H])c([2H])c(-c2nc(-c3c([2H])c([2H])c([2H])c([2H])c3[2H])nc(-c3c([2H])c([2H])c4c(c3[2H])c3c([2H])c([2H])c([2H])c([2H])c3n4-c3c([2H])c([2H])c4c(oc5c([2H])c([2H])c(-c6c([2H])c([2H])c([2H])c([2H])c6[2H])c([2H])c54)c3[2H])n2)c([2H])c1[2H]. The summed E-state index contributed by atoms with van der Waals surface area (Å²) in [7, 11) is 0. The van der Waals surface area contributed by atoms with Crippen LogP contribution in [0, 0.1) is 0 Å². The monoisotopic (exact) mass is 668 g/mol. The second-order valence-electron chi connectivity index (χ2n) is 10.3. The van der Waals surface area contributed by atoms with Gasteiger partial charge in [-0.1, -0.05) is 115 Å². The highest BCUT2D eigenvalue weighted by Crippen LogP contribution is 2.38. The van der Waals surface area contributed by atoms with Crippen molar-refractivity contribution < 1.29 is 42.8 Å². The molecule has 3 aromatic heterocycles. The highest BCUT2D eigenvalue weighted by molar-refractivity contribution is 6.11. The Morgan fingerprint density at radius 1 is 0.380 bits per heavy atom. The lowest BCUT2D eigenvalue weighted by molar-refractivity contribution is 0.668. The molecule has 0 aliphatic rings. The molecule has 7 aromatic carbocycles. The number of benzene rings is 7. The highest BCUT2D eigenvalue weighted by atomic mass is 16.3. The maximum atomic E-state index is 9.80. The number of hydrogen-bond acceptors (Lipinski definition) is 4. The first-order valence-electron chi connectivity index (χ1n) is 28.4. The molecule has 50 heavy (non-hydrogen) atoms. The van der Waals surface area contributed by atoms with Gasteiger partial charge in [0.2, 0.25) is 0 Å². The molecule has 0 unspecified atom stereocenters. The van der Waals surface area contributed by atoms with Crippen molar-refractivity contribution in [1.82, 2.24) is 19.5 Å². The van der Waals surface area contributed by atoms with Crippen LogP contribution in [0.1, 0.15) is 38.4 Å². The lowest BCUT2D eigenvalue weighted by Gasteiger charge is -2.10. The maximum absolute atomic E-state index is 9.80. The molecular weight excluding hydrogens is 613 g/mol. The topological polar surface area (TPSA) is 56.7 Å². The quantitative estimate of drug-likeness (QED) is 0.183. The van der Waals surface area contributed by atoms with E-state index in [0.29, 0.717) is 0 Å². The van der Waals surface area contributed by atoms with Crippen LogP contribution < -0.4 is 0 Å². The number of nitrogens with zero attached hydrogens (tertiary/aromatic N) is 4. The van der Waals surface area contributed by atoms with E-state index in [-0.39, 0.29) is 0 Å². The molecule has 5 heteroatoms. The van der Waals surface area contributed by atoms with Crippen LogP contribution in [0.4, 0.5) is 0 Å². The largest absolute Gasteiger partial charge is 0.456 e. The Morgan fingerprint density at radius 2 is 0.940 bits per heavy atom. The molecule has 0 saturated heterocycles. The van der Waals surface area contributed by atoms with E-state index in [2.05, 4.69) is 15.0 Å². The summed E-state index contributed by atoms with van der Waals surface area (Å²) < 4.78 is 253. The van der Waals surface area contributed by atoms with Gasteiger partial charge in [-0.3, -0.25) is 0 Å². The van der Waals surface area contributed by atoms with E-state index in [1.807, 2.05) is 0 Å². The van der Waals surface area contributed by atoms with Crippen molar-refractivity contribution in [2.24, 2.45) is 0 Å². The van der Waals surface area contributed by atoms with Crippen LogP contribution in [-0.4, -0.2) is 19.5 Å². The fourth-order valence-electron chi connectivity index (χ4n) is 5.28. The van der Waals surface area contributed by atoms with Crippen molar-refractivity contribution >= 4 is 43.7 Å². The number of fused-ring (bicyclic) bond motifs is 6. The van der Waals surface area contributed by atoms with E-state index >= 15 is 0 Å². The van der Waals surface area contributed by atoms with Gasteiger partial charge >= 0.3 is 0 Å². The average molecular weight is 669 g/mol. The summed E-state index contributed by atoms with van der Waals surface area (Å²) in [6.07, 6.45) is 0. The predicted molar refractivity (Wildman–Crippen MR) is 203 cm³/mol. The molecule has 0 atom stereocenters. The Kier molecular flexibility index (Phi) is 2.72. The minimum absolute atomic E-state index is 0.494. The minimum Gasteiger partial charge on any atom is -0.456 e. The number of para-hydroxylation sites is 1. The van der Waals surface area contributed by atoms with Crippen molar-refractivity contribution in [2.75, 3.05) is 0 Å². The van der Waals surface area contributed by atoms with Crippen LogP contribution in [0.15, 0.2) is 174 Å². The van der Waals surface area contributed by atoms with Gasteiger partial charge in [0.25, 0.3) is 0 Å². The standard InChI is InChI=1S/C45H28N4O/c1-4-12-29(13-5-1)32-21-25-41-38(26-32)36-23-22-34(28-42(36)50-41)49-39-19-11-10-18-35(39)37-27-33(20-24-40(37)49)45-47-43(30-14-6-2-7-15-30)46-44(48-45)31-16-8-3-9-17-31/h1-28H/i1D,2D,3D,4D,5D,6D,7D,8D,9D,10D,11D,12D,13D,14D,15D,16D,17D,18D,19D,20D,21D,22D,23D,24D,25D,26D,27D,28D. The average Bonchev–Trinajstić information content (AvgIpc) is 3.99. The summed E-state index contributed by atoms with van der Waals surface area (Å²) in [6, 6.07) is -24.7. The van der Waals surface area contributed by atoms with Crippen LogP contribution in [-0.2, 0) is 0 Å². The van der Waals surface area contributed by atoms with E-state index in [0.717, 1.165) is 4.57 Å². The lowest BCUT2D eigenvalue weighted by Crippen LogP contribution is -2.00. The third-order valence-electron chi connectivity index (χ3n) is 7.43. The number of aromatic nitrogens is 4. The molecule has 10 aromatic rings. The minimum atomic E-state index is -1.02. The molecule has 0 aliphatic carbocycles. The van der Waals surface area contributed by atoms with Gasteiger partial charge in [-0.15, -0.1) is 0 Å². The Balaban J connectivity index is 1.35. The van der Waals surface area contributed by atoms with E-state index in [1.165, 1.54) is 0 Å². The van der Waals surface area contributed by atoms with Gasteiger partial charge in [0.1, 0.15) is 11.2 Å². The smallest absolute Gasteiger partial charge is 0.164 e. The molecule has 0 amide bonds. The second-order valence-corrected chi connectivity index (χ2v) is 10.3.